The predicted molar refractivity (Wildman–Crippen MR) is 127 cm³/mol. The molecule has 1 saturated carbocycles. The lowest BCUT2D eigenvalue weighted by molar-refractivity contribution is -0.139. The first kappa shape index (κ1) is 20.8. The number of hydrogen-bond acceptors (Lipinski definition) is 2. The SMILES string of the molecule is CCc1cc2c(cc1OCc1cccc(-c3c(C)cccc3C)c1C)CC1C(C(=O)O)C21. The minimum Gasteiger partial charge on any atom is -0.489 e. The van der Waals surface area contributed by atoms with Crippen molar-refractivity contribution in [1.82, 2.24) is 0 Å². The van der Waals surface area contributed by atoms with E-state index in [2.05, 4.69) is 76.2 Å². The van der Waals surface area contributed by atoms with Crippen LogP contribution in [0.1, 0.15) is 51.8 Å². The van der Waals surface area contributed by atoms with Gasteiger partial charge in [0.1, 0.15) is 12.4 Å². The highest BCUT2D eigenvalue weighted by Crippen LogP contribution is 2.62. The first-order chi connectivity index (χ1) is 15.4. The van der Waals surface area contributed by atoms with Crippen molar-refractivity contribution in [3.8, 4) is 16.9 Å². The van der Waals surface area contributed by atoms with Gasteiger partial charge in [-0.25, -0.2) is 0 Å². The van der Waals surface area contributed by atoms with Crippen molar-refractivity contribution >= 4 is 5.97 Å². The molecule has 5 rings (SSSR count). The third-order valence-electron chi connectivity index (χ3n) is 7.55. The lowest BCUT2D eigenvalue weighted by Crippen LogP contribution is -2.07. The van der Waals surface area contributed by atoms with Gasteiger partial charge in [-0.1, -0.05) is 49.4 Å². The fraction of sp³-hybridized carbons (Fsp3) is 0.345. The molecule has 3 aromatic rings. The second-order valence-electron chi connectivity index (χ2n) is 9.42. The smallest absolute Gasteiger partial charge is 0.307 e. The summed E-state index contributed by atoms with van der Waals surface area (Å²) in [6.07, 6.45) is 1.73. The number of carboxylic acid groups (broad SMARTS) is 1. The maximum atomic E-state index is 11.4. The lowest BCUT2D eigenvalue weighted by Gasteiger charge is -2.18. The zero-order valence-electron chi connectivity index (χ0n) is 19.2. The Hall–Kier alpha value is -3.07. The first-order valence-corrected chi connectivity index (χ1v) is 11.6. The van der Waals surface area contributed by atoms with Crippen molar-refractivity contribution < 1.29 is 14.6 Å². The van der Waals surface area contributed by atoms with Gasteiger partial charge in [0.15, 0.2) is 0 Å². The van der Waals surface area contributed by atoms with E-state index in [9.17, 15) is 9.90 Å². The van der Waals surface area contributed by atoms with E-state index in [-0.39, 0.29) is 17.8 Å². The number of rotatable bonds is 6. The van der Waals surface area contributed by atoms with Crippen molar-refractivity contribution in [1.29, 1.82) is 0 Å². The van der Waals surface area contributed by atoms with E-state index in [4.69, 9.17) is 4.74 Å². The van der Waals surface area contributed by atoms with Crippen LogP contribution in [0.3, 0.4) is 0 Å². The van der Waals surface area contributed by atoms with Crippen LogP contribution in [-0.4, -0.2) is 11.1 Å². The van der Waals surface area contributed by atoms with Crippen LogP contribution >= 0.6 is 0 Å². The van der Waals surface area contributed by atoms with Gasteiger partial charge in [-0.15, -0.1) is 0 Å². The molecule has 0 aliphatic heterocycles. The molecule has 0 heterocycles. The minimum atomic E-state index is -0.650. The van der Waals surface area contributed by atoms with Crippen LogP contribution in [0.15, 0.2) is 48.5 Å². The summed E-state index contributed by atoms with van der Waals surface area (Å²) in [6, 6.07) is 17.3. The van der Waals surface area contributed by atoms with E-state index in [1.54, 1.807) is 0 Å². The molecule has 2 aliphatic carbocycles. The summed E-state index contributed by atoms with van der Waals surface area (Å²) < 4.78 is 6.38. The minimum absolute atomic E-state index is 0.186. The molecule has 164 valence electrons. The van der Waals surface area contributed by atoms with Gasteiger partial charge in [0.2, 0.25) is 0 Å². The molecule has 0 aromatic heterocycles. The maximum absolute atomic E-state index is 11.4. The molecule has 1 fully saturated rings. The number of carboxylic acids is 1. The first-order valence-electron chi connectivity index (χ1n) is 11.6. The average Bonchev–Trinajstić information content (AvgIpc) is 3.37. The fourth-order valence-electron chi connectivity index (χ4n) is 5.73. The normalized spacial score (nSPS) is 20.6. The number of hydrogen-bond donors (Lipinski definition) is 1. The summed E-state index contributed by atoms with van der Waals surface area (Å²) >= 11 is 0. The highest BCUT2D eigenvalue weighted by molar-refractivity contribution is 5.78. The highest BCUT2D eigenvalue weighted by atomic mass is 16.5. The summed E-state index contributed by atoms with van der Waals surface area (Å²) in [5.41, 5.74) is 11.3. The van der Waals surface area contributed by atoms with E-state index in [0.29, 0.717) is 6.61 Å². The Morgan fingerprint density at radius 2 is 1.75 bits per heavy atom. The zero-order chi connectivity index (χ0) is 22.6. The number of aryl methyl sites for hydroxylation is 3. The standard InChI is InChI=1S/C29H30O3/c1-5-19-12-23-21(13-24-27(23)28(24)29(30)31)14-25(19)32-15-20-10-7-11-22(18(20)4)26-16(2)8-6-9-17(26)3/h6-12,14,24,27-28H,5,13,15H2,1-4H3,(H,30,31). The van der Waals surface area contributed by atoms with Crippen molar-refractivity contribution in [3.63, 3.8) is 0 Å². The van der Waals surface area contributed by atoms with Crippen LogP contribution in [0, 0.1) is 32.6 Å². The van der Waals surface area contributed by atoms with Crippen LogP contribution in [0.5, 0.6) is 5.75 Å². The summed E-state index contributed by atoms with van der Waals surface area (Å²) in [6.45, 7) is 9.18. The molecule has 32 heavy (non-hydrogen) atoms. The largest absolute Gasteiger partial charge is 0.489 e. The van der Waals surface area contributed by atoms with Gasteiger partial charge in [-0.05, 0) is 95.7 Å². The molecule has 0 amide bonds. The van der Waals surface area contributed by atoms with Crippen molar-refractivity contribution in [2.45, 2.75) is 53.1 Å². The highest BCUT2D eigenvalue weighted by Gasteiger charge is 2.59. The topological polar surface area (TPSA) is 46.5 Å². The number of benzene rings is 3. The van der Waals surface area contributed by atoms with Crippen LogP contribution in [-0.2, 0) is 24.2 Å². The molecular weight excluding hydrogens is 396 g/mol. The van der Waals surface area contributed by atoms with Crippen LogP contribution in [0.4, 0.5) is 0 Å². The van der Waals surface area contributed by atoms with E-state index in [0.717, 1.165) is 18.6 Å². The Morgan fingerprint density at radius 1 is 1.03 bits per heavy atom. The average molecular weight is 427 g/mol. The monoisotopic (exact) mass is 426 g/mol. The van der Waals surface area contributed by atoms with Crippen molar-refractivity contribution in [3.05, 3.63) is 87.5 Å². The van der Waals surface area contributed by atoms with Crippen molar-refractivity contribution in [2.75, 3.05) is 0 Å². The van der Waals surface area contributed by atoms with Gasteiger partial charge in [-0.2, -0.15) is 0 Å². The Kier molecular flexibility index (Phi) is 5.08. The molecule has 3 aromatic carbocycles. The van der Waals surface area contributed by atoms with Gasteiger partial charge in [0, 0.05) is 5.92 Å². The van der Waals surface area contributed by atoms with E-state index in [1.165, 1.54) is 50.1 Å². The second-order valence-corrected chi connectivity index (χ2v) is 9.42. The Morgan fingerprint density at radius 3 is 2.44 bits per heavy atom. The zero-order valence-corrected chi connectivity index (χ0v) is 19.2. The molecule has 0 saturated heterocycles. The molecule has 3 atom stereocenters. The number of ether oxygens (including phenoxy) is 1. The van der Waals surface area contributed by atoms with Gasteiger partial charge >= 0.3 is 5.97 Å². The summed E-state index contributed by atoms with van der Waals surface area (Å²) in [4.78, 5) is 11.4. The molecule has 1 N–H and O–H groups in total. The van der Waals surface area contributed by atoms with Gasteiger partial charge < -0.3 is 9.84 Å². The molecule has 3 nitrogen and oxygen atoms in total. The van der Waals surface area contributed by atoms with Gasteiger partial charge in [0.25, 0.3) is 0 Å². The van der Waals surface area contributed by atoms with E-state index < -0.39 is 5.97 Å². The summed E-state index contributed by atoms with van der Waals surface area (Å²) in [5, 5.41) is 9.42. The van der Waals surface area contributed by atoms with E-state index in [1.807, 2.05) is 0 Å². The molecule has 2 aliphatic rings. The molecule has 0 bridgehead atoms. The molecule has 0 spiro atoms. The Labute approximate surface area is 190 Å². The summed E-state index contributed by atoms with van der Waals surface area (Å²) in [7, 11) is 0. The predicted octanol–water partition coefficient (Wildman–Crippen LogP) is 6.39. The lowest BCUT2D eigenvalue weighted by atomic mass is 9.91. The van der Waals surface area contributed by atoms with E-state index >= 15 is 0 Å². The number of carbonyl (C=O) groups is 1. The quantitative estimate of drug-likeness (QED) is 0.497. The van der Waals surface area contributed by atoms with Crippen molar-refractivity contribution in [2.24, 2.45) is 11.8 Å². The molecule has 0 radical (unpaired) electrons. The van der Waals surface area contributed by atoms with Crippen LogP contribution in [0.25, 0.3) is 11.1 Å². The summed E-state index contributed by atoms with van der Waals surface area (Å²) in [5.74, 6) is 0.589. The third kappa shape index (κ3) is 3.31. The van der Waals surface area contributed by atoms with Gasteiger partial charge in [0.05, 0.1) is 5.92 Å². The maximum Gasteiger partial charge on any atom is 0.307 e. The third-order valence-corrected chi connectivity index (χ3v) is 7.55. The number of aliphatic carboxylic acids is 1. The van der Waals surface area contributed by atoms with Crippen LogP contribution in [0.2, 0.25) is 0 Å². The Balaban J connectivity index is 1.41. The second kappa shape index (κ2) is 7.81. The Bertz CT molecular complexity index is 1200. The van der Waals surface area contributed by atoms with Gasteiger partial charge in [-0.3, -0.25) is 4.79 Å². The molecule has 3 unspecified atom stereocenters. The fourth-order valence-corrected chi connectivity index (χ4v) is 5.73. The molecule has 3 heteroatoms. The number of fused-ring (bicyclic) bond motifs is 3. The van der Waals surface area contributed by atoms with Crippen LogP contribution < -0.4 is 4.74 Å². The molecular formula is C29H30O3.